The predicted octanol–water partition coefficient (Wildman–Crippen LogP) is 18.5. The van der Waals surface area contributed by atoms with E-state index in [2.05, 4.69) is 132 Å². The fourth-order valence-electron chi connectivity index (χ4n) is 9.90. The van der Waals surface area contributed by atoms with Gasteiger partial charge < -0.3 is 5.11 Å². The topological polar surface area (TPSA) is 50.9 Å². The van der Waals surface area contributed by atoms with E-state index in [4.69, 9.17) is 16.8 Å². The number of phenols is 1. The summed E-state index contributed by atoms with van der Waals surface area (Å²) >= 11 is 0. The third-order valence-electron chi connectivity index (χ3n) is 15.3. The molecule has 4 heteroatoms. The Morgan fingerprint density at radius 2 is 1.29 bits per heavy atom. The van der Waals surface area contributed by atoms with Gasteiger partial charge in [-0.3, -0.25) is 9.55 Å². The number of pyridine rings is 1. The van der Waals surface area contributed by atoms with Gasteiger partial charge >= 0.3 is 0 Å². The largest absolute Gasteiger partial charge is 0.507 e. The first-order chi connectivity index (χ1) is 36.1. The zero-order valence-corrected chi connectivity index (χ0v) is 43.1. The van der Waals surface area contributed by atoms with E-state index < -0.39 is 25.0 Å². The lowest BCUT2D eigenvalue weighted by Crippen LogP contribution is -2.25. The number of rotatable bonds is 14. The molecule has 0 bridgehead atoms. The van der Waals surface area contributed by atoms with E-state index in [1.807, 2.05) is 47.0 Å². The molecule has 0 amide bonds. The molecule has 0 aliphatic carbocycles. The van der Waals surface area contributed by atoms with E-state index in [0.29, 0.717) is 39.4 Å². The standard InChI is InChI=1S/C65H75N3O/c1-15-64(13,16-2)54-27-23-28-55(65(14,17-3)18-4)59(54)46-30-31-57(43(9)34-46)68-58-29-22-26-51(60(58)67-62(68)53-39-47(41(5)6)38-52(42(7)8)61(53)69)48-35-49(37-50(36-48)63(10,11)12)56-40-45(32-33-66-56)44-24-20-19-21-25-44/h19-42,69H,15-18H2,1-14H3/i9D3,19D,20D,21D,24D,25D. The molecule has 4 nitrogen and oxygen atoms in total. The zero-order valence-electron chi connectivity index (χ0n) is 51.1. The number of aromatic hydroxyl groups is 1. The van der Waals surface area contributed by atoms with Crippen molar-refractivity contribution in [1.82, 2.24) is 14.5 Å². The van der Waals surface area contributed by atoms with Gasteiger partial charge in [-0.05, 0) is 170 Å². The van der Waals surface area contributed by atoms with Crippen LogP contribution < -0.4 is 0 Å². The van der Waals surface area contributed by atoms with Gasteiger partial charge in [0.25, 0.3) is 0 Å². The number of phenolic OH excluding ortho intramolecular Hbond substituents is 1. The van der Waals surface area contributed by atoms with Crippen molar-refractivity contribution in [2.24, 2.45) is 0 Å². The molecule has 0 spiro atoms. The maximum absolute atomic E-state index is 12.5. The van der Waals surface area contributed by atoms with Crippen molar-refractivity contribution < 1.29 is 16.1 Å². The molecule has 0 saturated heterocycles. The minimum Gasteiger partial charge on any atom is -0.507 e. The average molecular weight is 922 g/mol. The van der Waals surface area contributed by atoms with E-state index >= 15 is 0 Å². The lowest BCUT2D eigenvalue weighted by Gasteiger charge is -2.36. The van der Waals surface area contributed by atoms with Crippen LogP contribution in [0.2, 0.25) is 0 Å². The molecule has 2 aromatic heterocycles. The highest BCUT2D eigenvalue weighted by Gasteiger charge is 2.33. The van der Waals surface area contributed by atoms with Crippen molar-refractivity contribution in [2.75, 3.05) is 0 Å². The second-order valence-corrected chi connectivity index (χ2v) is 21.2. The van der Waals surface area contributed by atoms with E-state index in [1.54, 1.807) is 18.3 Å². The number of aryl methyl sites for hydroxylation is 1. The van der Waals surface area contributed by atoms with Crippen LogP contribution in [0, 0.1) is 6.85 Å². The summed E-state index contributed by atoms with van der Waals surface area (Å²) in [7, 11) is 0. The van der Waals surface area contributed by atoms with Crippen LogP contribution in [0.15, 0.2) is 133 Å². The molecule has 0 aliphatic heterocycles. The van der Waals surface area contributed by atoms with Gasteiger partial charge in [-0.25, -0.2) is 4.98 Å². The number of hydrogen-bond acceptors (Lipinski definition) is 3. The lowest BCUT2D eigenvalue weighted by molar-refractivity contribution is 0.426. The smallest absolute Gasteiger partial charge is 0.149 e. The second-order valence-electron chi connectivity index (χ2n) is 21.2. The molecule has 0 radical (unpaired) electrons. The average Bonchev–Trinajstić information content (AvgIpc) is 3.80. The molecule has 0 fully saturated rings. The van der Waals surface area contributed by atoms with Gasteiger partial charge in [0.05, 0.1) is 34.8 Å². The van der Waals surface area contributed by atoms with E-state index in [1.165, 1.54) is 11.1 Å². The molecule has 0 aliphatic rings. The van der Waals surface area contributed by atoms with Crippen LogP contribution in [-0.4, -0.2) is 19.6 Å². The van der Waals surface area contributed by atoms with Crippen LogP contribution in [0.1, 0.15) is 172 Å². The number of hydrogen-bond donors (Lipinski definition) is 1. The Morgan fingerprint density at radius 1 is 0.638 bits per heavy atom. The summed E-state index contributed by atoms with van der Waals surface area (Å²) in [6, 6.07) is 30.3. The molecule has 6 aromatic carbocycles. The van der Waals surface area contributed by atoms with E-state index in [-0.39, 0.29) is 57.0 Å². The summed E-state index contributed by atoms with van der Waals surface area (Å²) in [6.07, 6.45) is 5.24. The van der Waals surface area contributed by atoms with Crippen molar-refractivity contribution in [1.29, 1.82) is 0 Å². The molecule has 2 heterocycles. The Hall–Kier alpha value is -6.26. The highest BCUT2D eigenvalue weighted by Crippen LogP contribution is 2.48. The highest BCUT2D eigenvalue weighted by molar-refractivity contribution is 5.97. The van der Waals surface area contributed by atoms with Crippen LogP contribution in [0.25, 0.3) is 72.7 Å². The van der Waals surface area contributed by atoms with Gasteiger partial charge in [0.15, 0.2) is 0 Å². The quantitative estimate of drug-likeness (QED) is 0.118. The minimum absolute atomic E-state index is 0.0349. The number of para-hydroxylation sites is 1. The van der Waals surface area contributed by atoms with Crippen molar-refractivity contribution in [3.8, 4) is 67.5 Å². The highest BCUT2D eigenvalue weighted by atomic mass is 16.3. The van der Waals surface area contributed by atoms with Gasteiger partial charge in [0, 0.05) is 21.4 Å². The van der Waals surface area contributed by atoms with Crippen LogP contribution in [0.3, 0.4) is 0 Å². The molecule has 0 unspecified atom stereocenters. The van der Waals surface area contributed by atoms with Crippen LogP contribution in [0.4, 0.5) is 0 Å². The molecule has 1 N–H and O–H groups in total. The summed E-state index contributed by atoms with van der Waals surface area (Å²) in [5, 5.41) is 12.5. The monoisotopic (exact) mass is 922 g/mol. The van der Waals surface area contributed by atoms with Crippen LogP contribution >= 0.6 is 0 Å². The van der Waals surface area contributed by atoms with Crippen molar-refractivity contribution in [2.45, 2.75) is 151 Å². The minimum atomic E-state index is -2.58. The number of benzene rings is 6. The molecule has 8 aromatic rings. The number of imidazole rings is 1. The van der Waals surface area contributed by atoms with Gasteiger partial charge in [0.2, 0.25) is 0 Å². The third-order valence-corrected chi connectivity index (χ3v) is 15.3. The SMILES string of the molecule is [2H]c1c([2H])c([2H])c(-c2ccnc(-c3cc(-c4cccc5c4nc(-c4cc(C(C)C)cc(C(C)C)c4O)n5-c4ccc(-c5c(C(C)(CC)CC)cccc5C(C)(CC)CC)cc4C([2H])([2H])[2H])cc(C(C)(C)C)c3)c2)c([2H])c1[2H]. The molecule has 356 valence electrons. The summed E-state index contributed by atoms with van der Waals surface area (Å²) in [5.41, 5.74) is 12.2. The maximum atomic E-state index is 12.5. The number of fused-ring (bicyclic) bond motifs is 1. The molecule has 69 heavy (non-hydrogen) atoms. The van der Waals surface area contributed by atoms with Crippen molar-refractivity contribution in [3.05, 3.63) is 167 Å². The predicted molar refractivity (Wildman–Crippen MR) is 295 cm³/mol. The Bertz CT molecular complexity index is 3490. The van der Waals surface area contributed by atoms with E-state index in [0.717, 1.165) is 70.2 Å². The zero-order chi connectivity index (χ0) is 56.4. The Morgan fingerprint density at radius 3 is 1.90 bits per heavy atom. The molecule has 0 saturated carbocycles. The molecule has 8 rings (SSSR count). The van der Waals surface area contributed by atoms with Crippen LogP contribution in [0.5, 0.6) is 5.75 Å². The van der Waals surface area contributed by atoms with Crippen molar-refractivity contribution >= 4 is 11.0 Å². The van der Waals surface area contributed by atoms with Gasteiger partial charge in [0.1, 0.15) is 11.6 Å². The Balaban J connectivity index is 1.47. The van der Waals surface area contributed by atoms with Gasteiger partial charge in [-0.2, -0.15) is 0 Å². The Labute approximate surface area is 425 Å². The fraction of sp³-hybridized carbons (Fsp3) is 0.354. The first-order valence-electron chi connectivity index (χ1n) is 29.0. The Kier molecular flexibility index (Phi) is 11.0. The summed E-state index contributed by atoms with van der Waals surface area (Å²) < 4.78 is 72.5. The molecular formula is C65H75N3O. The van der Waals surface area contributed by atoms with Gasteiger partial charge in [-0.15, -0.1) is 0 Å². The lowest BCUT2D eigenvalue weighted by atomic mass is 9.68. The van der Waals surface area contributed by atoms with Crippen molar-refractivity contribution in [3.63, 3.8) is 0 Å². The third kappa shape index (κ3) is 9.20. The molecular weight excluding hydrogens is 839 g/mol. The van der Waals surface area contributed by atoms with Gasteiger partial charge in [-0.1, -0.05) is 169 Å². The fourth-order valence-corrected chi connectivity index (χ4v) is 9.90. The summed E-state index contributed by atoms with van der Waals surface area (Å²) in [5.74, 6) is 0.564. The first kappa shape index (κ1) is 39.6. The number of nitrogens with zero attached hydrogens (tertiary/aromatic N) is 3. The first-order valence-corrected chi connectivity index (χ1v) is 25.0. The second kappa shape index (κ2) is 19.3. The number of aromatic nitrogens is 3. The summed E-state index contributed by atoms with van der Waals surface area (Å²) in [4.78, 5) is 10.3. The van der Waals surface area contributed by atoms with Crippen LogP contribution in [-0.2, 0) is 16.2 Å². The maximum Gasteiger partial charge on any atom is 0.149 e. The molecule has 0 atom stereocenters. The normalized spacial score (nSPS) is 14.3. The summed E-state index contributed by atoms with van der Waals surface area (Å²) in [6.45, 7) is 25.7. The van der Waals surface area contributed by atoms with E-state index in [9.17, 15) is 9.22 Å².